The second kappa shape index (κ2) is 7.57. The van der Waals surface area contributed by atoms with Crippen LogP contribution < -0.4 is 5.46 Å². The van der Waals surface area contributed by atoms with Gasteiger partial charge in [-0.3, -0.25) is 0 Å². The summed E-state index contributed by atoms with van der Waals surface area (Å²) < 4.78 is 16.0. The quantitative estimate of drug-likeness (QED) is 0.707. The van der Waals surface area contributed by atoms with E-state index in [0.717, 1.165) is 11.1 Å². The van der Waals surface area contributed by atoms with Crippen LogP contribution in [0.5, 0.6) is 0 Å². The average molecular weight is 310 g/mol. The molecule has 1 aromatic rings. The third kappa shape index (κ3) is 5.07. The van der Waals surface area contributed by atoms with Crippen molar-refractivity contribution >= 4 is 12.6 Å². The third-order valence-corrected chi connectivity index (χ3v) is 3.86. The molecule has 1 aromatic carbocycles. The Bertz CT molecular complexity index is 458. The van der Waals surface area contributed by atoms with Gasteiger partial charge in [0, 0.05) is 14.2 Å². The molecule has 0 aliphatic rings. The molecule has 0 saturated heterocycles. The topological polar surface area (TPSA) is 68.2 Å². The number of rotatable bonds is 8. The summed E-state index contributed by atoms with van der Waals surface area (Å²) in [7, 11) is 2.09. The lowest BCUT2D eigenvalue weighted by Gasteiger charge is -2.38. The summed E-state index contributed by atoms with van der Waals surface area (Å²) in [5.74, 6) is 0. The first-order chi connectivity index (χ1) is 10.1. The summed E-state index contributed by atoms with van der Waals surface area (Å²) in [5.41, 5.74) is 0.462. The normalized spacial score (nSPS) is 12.5. The van der Waals surface area contributed by atoms with Crippen LogP contribution in [0.3, 0.4) is 0 Å². The van der Waals surface area contributed by atoms with E-state index in [4.69, 9.17) is 14.1 Å². The number of hydrogen-bond acceptors (Lipinski definition) is 5. The summed E-state index contributed by atoms with van der Waals surface area (Å²) in [6.07, 6.45) is 0. The third-order valence-electron chi connectivity index (χ3n) is 3.86. The van der Waals surface area contributed by atoms with E-state index in [0.29, 0.717) is 18.7 Å². The molecule has 0 bridgehead atoms. The highest BCUT2D eigenvalue weighted by Gasteiger charge is 2.39. The molecule has 0 aromatic heterocycles. The van der Waals surface area contributed by atoms with Crippen LogP contribution in [0.1, 0.15) is 38.8 Å². The summed E-state index contributed by atoms with van der Waals surface area (Å²) in [6, 6.07) is 5.62. The highest BCUT2D eigenvalue weighted by molar-refractivity contribution is 6.60. The van der Waals surface area contributed by atoms with E-state index >= 15 is 0 Å². The summed E-state index contributed by atoms with van der Waals surface area (Å²) in [6.45, 7) is 7.66. The van der Waals surface area contributed by atoms with Gasteiger partial charge in [-0.2, -0.15) is 0 Å². The summed E-state index contributed by atoms with van der Waals surface area (Å²) in [4.78, 5) is 0. The van der Waals surface area contributed by atoms with Crippen molar-refractivity contribution in [1.29, 1.82) is 0 Å². The van der Waals surface area contributed by atoms with Gasteiger partial charge < -0.3 is 24.3 Å². The second-order valence-corrected chi connectivity index (χ2v) is 6.49. The molecule has 0 unspecified atom stereocenters. The fraction of sp³-hybridized carbons (Fsp3) is 0.625. The average Bonchev–Trinajstić information content (AvgIpc) is 2.37. The van der Waals surface area contributed by atoms with Gasteiger partial charge in [0.2, 0.25) is 0 Å². The standard InChI is InChI=1S/C16H27BO5/c1-15(2,18)16(3,4)22-17(19)14-8-12(10-20-5)7-13(9-14)11-21-6/h7-9,18-19H,10-11H2,1-6H3. The Hall–Kier alpha value is -0.915. The van der Waals surface area contributed by atoms with Gasteiger partial charge in [0.1, 0.15) is 0 Å². The molecular formula is C16H27BO5. The minimum absolute atomic E-state index is 0.437. The van der Waals surface area contributed by atoms with Crippen molar-refractivity contribution in [3.63, 3.8) is 0 Å². The van der Waals surface area contributed by atoms with Crippen molar-refractivity contribution in [2.24, 2.45) is 0 Å². The van der Waals surface area contributed by atoms with E-state index in [1.165, 1.54) is 0 Å². The molecule has 2 N–H and O–H groups in total. The van der Waals surface area contributed by atoms with Crippen LogP contribution in [0, 0.1) is 0 Å². The molecular weight excluding hydrogens is 283 g/mol. The maximum atomic E-state index is 10.4. The minimum Gasteiger partial charge on any atom is -0.423 e. The van der Waals surface area contributed by atoms with Crippen LogP contribution in [0.25, 0.3) is 0 Å². The molecule has 5 nitrogen and oxygen atoms in total. The maximum absolute atomic E-state index is 10.4. The Labute approximate surface area is 133 Å². The number of aliphatic hydroxyl groups is 1. The fourth-order valence-corrected chi connectivity index (χ4v) is 1.93. The largest absolute Gasteiger partial charge is 0.491 e. The molecule has 0 fully saturated rings. The van der Waals surface area contributed by atoms with Gasteiger partial charge in [0.15, 0.2) is 0 Å². The molecule has 0 spiro atoms. The molecule has 6 heteroatoms. The Morgan fingerprint density at radius 2 is 1.41 bits per heavy atom. The van der Waals surface area contributed by atoms with Gasteiger partial charge >= 0.3 is 7.12 Å². The first kappa shape index (κ1) is 19.1. The molecule has 0 atom stereocenters. The van der Waals surface area contributed by atoms with Crippen LogP contribution in [0.4, 0.5) is 0 Å². The maximum Gasteiger partial charge on any atom is 0.491 e. The van der Waals surface area contributed by atoms with E-state index in [9.17, 15) is 10.1 Å². The fourth-order valence-electron chi connectivity index (χ4n) is 1.93. The number of methoxy groups -OCH3 is 2. The lowest BCUT2D eigenvalue weighted by Crippen LogP contribution is -2.53. The number of hydrogen-bond donors (Lipinski definition) is 2. The molecule has 0 radical (unpaired) electrons. The van der Waals surface area contributed by atoms with Gasteiger partial charge in [-0.15, -0.1) is 0 Å². The minimum atomic E-state index is -1.14. The smallest absolute Gasteiger partial charge is 0.423 e. The highest BCUT2D eigenvalue weighted by atomic mass is 16.5. The molecule has 0 amide bonds. The van der Waals surface area contributed by atoms with Crippen LogP contribution in [0.2, 0.25) is 0 Å². The van der Waals surface area contributed by atoms with Crippen LogP contribution in [0.15, 0.2) is 18.2 Å². The van der Waals surface area contributed by atoms with Crippen molar-refractivity contribution in [2.75, 3.05) is 14.2 Å². The Kier molecular flexibility index (Phi) is 6.58. The zero-order valence-electron chi connectivity index (χ0n) is 14.3. The molecule has 1 rings (SSSR count). The SMILES string of the molecule is COCc1cc(COC)cc(B(O)OC(C)(C)C(C)(C)O)c1. The Morgan fingerprint density at radius 3 is 1.77 bits per heavy atom. The highest BCUT2D eigenvalue weighted by Crippen LogP contribution is 2.25. The molecule has 0 heterocycles. The van der Waals surface area contributed by atoms with Crippen molar-refractivity contribution in [2.45, 2.75) is 52.1 Å². The molecule has 0 aliphatic heterocycles. The lowest BCUT2D eigenvalue weighted by atomic mass is 9.75. The predicted molar refractivity (Wildman–Crippen MR) is 86.9 cm³/mol. The van der Waals surface area contributed by atoms with Gasteiger partial charge in [-0.05, 0) is 44.3 Å². The van der Waals surface area contributed by atoms with Crippen molar-refractivity contribution in [1.82, 2.24) is 0 Å². The molecule has 0 saturated carbocycles. The van der Waals surface area contributed by atoms with Crippen LogP contribution >= 0.6 is 0 Å². The summed E-state index contributed by atoms with van der Waals surface area (Å²) in [5, 5.41) is 20.5. The van der Waals surface area contributed by atoms with Gasteiger partial charge in [0.25, 0.3) is 0 Å². The van der Waals surface area contributed by atoms with E-state index in [1.807, 2.05) is 18.2 Å². The Balaban J connectivity index is 3.03. The van der Waals surface area contributed by atoms with Gasteiger partial charge in [-0.1, -0.05) is 18.2 Å². The van der Waals surface area contributed by atoms with Crippen LogP contribution in [-0.2, 0) is 27.3 Å². The van der Waals surface area contributed by atoms with Crippen LogP contribution in [-0.4, -0.2) is 42.7 Å². The van der Waals surface area contributed by atoms with Crippen molar-refractivity contribution in [3.8, 4) is 0 Å². The van der Waals surface area contributed by atoms with E-state index in [2.05, 4.69) is 0 Å². The monoisotopic (exact) mass is 310 g/mol. The number of benzene rings is 1. The molecule has 22 heavy (non-hydrogen) atoms. The molecule has 0 aliphatic carbocycles. The lowest BCUT2D eigenvalue weighted by molar-refractivity contribution is -0.0982. The van der Waals surface area contributed by atoms with Crippen molar-refractivity contribution < 1.29 is 24.3 Å². The van der Waals surface area contributed by atoms with E-state index in [-0.39, 0.29) is 0 Å². The zero-order valence-corrected chi connectivity index (χ0v) is 14.3. The zero-order chi connectivity index (χ0) is 17.0. The Morgan fingerprint density at radius 1 is 0.955 bits per heavy atom. The first-order valence-electron chi connectivity index (χ1n) is 7.29. The van der Waals surface area contributed by atoms with Crippen molar-refractivity contribution in [3.05, 3.63) is 29.3 Å². The van der Waals surface area contributed by atoms with E-state index < -0.39 is 18.3 Å². The summed E-state index contributed by atoms with van der Waals surface area (Å²) >= 11 is 0. The molecule has 124 valence electrons. The first-order valence-corrected chi connectivity index (χ1v) is 7.29. The van der Waals surface area contributed by atoms with E-state index in [1.54, 1.807) is 41.9 Å². The predicted octanol–water partition coefficient (Wildman–Crippen LogP) is 1.23. The van der Waals surface area contributed by atoms with Gasteiger partial charge in [-0.25, -0.2) is 0 Å². The second-order valence-electron chi connectivity index (χ2n) is 6.49. The van der Waals surface area contributed by atoms with Gasteiger partial charge in [0.05, 0.1) is 24.4 Å². The number of ether oxygens (including phenoxy) is 2.